The van der Waals surface area contributed by atoms with Gasteiger partial charge < -0.3 is 20.9 Å². The van der Waals surface area contributed by atoms with Crippen LogP contribution in [0.4, 0.5) is 8.78 Å². The molecular formula is C31H34F2N6O3. The lowest BCUT2D eigenvalue weighted by atomic mass is 10.0. The molecule has 3 aromatic rings. The normalized spacial score (nSPS) is 19.9. The van der Waals surface area contributed by atoms with E-state index in [1.165, 1.54) is 12.1 Å². The summed E-state index contributed by atoms with van der Waals surface area (Å²) in [5.41, 5.74) is 2.98. The Morgan fingerprint density at radius 3 is 2.48 bits per heavy atom. The summed E-state index contributed by atoms with van der Waals surface area (Å²) in [5, 5.41) is 16.5. The van der Waals surface area contributed by atoms with Gasteiger partial charge in [0.25, 0.3) is 5.91 Å². The summed E-state index contributed by atoms with van der Waals surface area (Å²) in [5.74, 6) is -2.42. The Morgan fingerprint density at radius 1 is 1.07 bits per heavy atom. The van der Waals surface area contributed by atoms with Crippen molar-refractivity contribution in [3.05, 3.63) is 83.8 Å². The Hall–Kier alpha value is -4.25. The molecule has 1 saturated heterocycles. The molecule has 3 N–H and O–H groups in total. The molecule has 220 valence electrons. The molecule has 2 heterocycles. The van der Waals surface area contributed by atoms with Gasteiger partial charge in [-0.15, -0.1) is 0 Å². The summed E-state index contributed by atoms with van der Waals surface area (Å²) in [6.07, 6.45) is 3.87. The fourth-order valence-corrected chi connectivity index (χ4v) is 5.39. The van der Waals surface area contributed by atoms with E-state index in [4.69, 9.17) is 0 Å². The van der Waals surface area contributed by atoms with Crippen molar-refractivity contribution in [2.24, 2.45) is 0 Å². The molecule has 1 saturated carbocycles. The Labute approximate surface area is 243 Å². The molecule has 1 aliphatic heterocycles. The molecule has 2 aliphatic rings. The zero-order chi connectivity index (χ0) is 29.5. The van der Waals surface area contributed by atoms with Gasteiger partial charge in [-0.3, -0.25) is 14.4 Å². The third kappa shape index (κ3) is 7.33. The van der Waals surface area contributed by atoms with Gasteiger partial charge in [-0.05, 0) is 67.8 Å². The number of carbonyl (C=O) groups is 3. The monoisotopic (exact) mass is 576 g/mol. The molecule has 11 heteroatoms. The van der Waals surface area contributed by atoms with Crippen LogP contribution in [0.25, 0.3) is 11.3 Å². The molecule has 2 aromatic carbocycles. The summed E-state index contributed by atoms with van der Waals surface area (Å²) in [6.45, 7) is 0.912. The largest absolute Gasteiger partial charge is 0.341 e. The fourth-order valence-electron chi connectivity index (χ4n) is 5.39. The van der Waals surface area contributed by atoms with Gasteiger partial charge in [0.1, 0.15) is 11.9 Å². The number of amides is 3. The highest BCUT2D eigenvalue weighted by molar-refractivity contribution is 5.97. The number of likely N-dealkylation sites (tertiary alicyclic amines) is 1. The molecule has 3 atom stereocenters. The number of carbonyl (C=O) groups excluding carboxylic acids is 3. The lowest BCUT2D eigenvalue weighted by Crippen LogP contribution is -2.55. The average molecular weight is 577 g/mol. The first-order chi connectivity index (χ1) is 20.3. The third-order valence-corrected chi connectivity index (χ3v) is 7.97. The van der Waals surface area contributed by atoms with Gasteiger partial charge in [-0.2, -0.15) is 10.2 Å². The third-order valence-electron chi connectivity index (χ3n) is 7.97. The van der Waals surface area contributed by atoms with Crippen molar-refractivity contribution in [1.29, 1.82) is 0 Å². The topological polar surface area (TPSA) is 116 Å². The zero-order valence-corrected chi connectivity index (χ0v) is 23.1. The van der Waals surface area contributed by atoms with E-state index in [1.54, 1.807) is 53.6 Å². The van der Waals surface area contributed by atoms with Gasteiger partial charge >= 0.3 is 0 Å². The maximum Gasteiger partial charge on any atom is 0.251 e. The number of benzene rings is 2. The molecule has 0 unspecified atom stereocenters. The van der Waals surface area contributed by atoms with E-state index >= 15 is 0 Å². The molecule has 0 radical (unpaired) electrons. The van der Waals surface area contributed by atoms with Crippen LogP contribution < -0.4 is 16.0 Å². The molecule has 9 nitrogen and oxygen atoms in total. The van der Waals surface area contributed by atoms with Gasteiger partial charge in [-0.25, -0.2) is 8.78 Å². The first-order valence-corrected chi connectivity index (χ1v) is 14.2. The van der Waals surface area contributed by atoms with E-state index in [-0.39, 0.29) is 49.6 Å². The minimum atomic E-state index is -1.84. The van der Waals surface area contributed by atoms with Crippen LogP contribution in [-0.4, -0.2) is 70.8 Å². The van der Waals surface area contributed by atoms with Crippen LogP contribution in [0.1, 0.15) is 53.9 Å². The van der Waals surface area contributed by atoms with Crippen LogP contribution in [-0.2, 0) is 9.59 Å². The molecule has 0 spiro atoms. The van der Waals surface area contributed by atoms with E-state index in [0.29, 0.717) is 43.0 Å². The number of piperidine rings is 1. The van der Waals surface area contributed by atoms with Crippen LogP contribution >= 0.6 is 0 Å². The molecule has 1 aromatic heterocycles. The quantitative estimate of drug-likeness (QED) is 0.173. The second-order valence-electron chi connectivity index (χ2n) is 10.9. The van der Waals surface area contributed by atoms with Crippen molar-refractivity contribution in [3.63, 3.8) is 0 Å². The summed E-state index contributed by atoms with van der Waals surface area (Å²) in [4.78, 5) is 39.0. The molecule has 0 bridgehead atoms. The zero-order valence-electron chi connectivity index (χ0n) is 23.1. The van der Waals surface area contributed by atoms with Crippen LogP contribution in [0.15, 0.2) is 66.9 Å². The predicted molar refractivity (Wildman–Crippen MR) is 152 cm³/mol. The minimum Gasteiger partial charge on any atom is -0.341 e. The van der Waals surface area contributed by atoms with Crippen molar-refractivity contribution in [2.45, 2.75) is 55.9 Å². The van der Waals surface area contributed by atoms with Gasteiger partial charge in [0, 0.05) is 55.2 Å². The second kappa shape index (κ2) is 13.2. The number of aromatic nitrogens is 2. The molecule has 5 rings (SSSR count). The van der Waals surface area contributed by atoms with E-state index in [9.17, 15) is 23.2 Å². The van der Waals surface area contributed by atoms with Gasteiger partial charge in [0.2, 0.25) is 12.3 Å². The van der Waals surface area contributed by atoms with E-state index < -0.39 is 11.8 Å². The van der Waals surface area contributed by atoms with Crippen LogP contribution in [0.2, 0.25) is 0 Å². The van der Waals surface area contributed by atoms with E-state index in [2.05, 4.69) is 26.1 Å². The van der Waals surface area contributed by atoms with Crippen molar-refractivity contribution in [3.8, 4) is 11.3 Å². The van der Waals surface area contributed by atoms with Gasteiger partial charge in [0.15, 0.2) is 5.79 Å². The standard InChI is InChI=1S/C31H34F2N6O3/c32-24-11-9-21(10-12-24)25-19-28(25)34-15-1-4-27(30(42)39-17-13-31(33,14-18-39)35-20-40)37-29(41)23-7-5-22(6-8-23)26-3-2-16-36-38-26/h2-3,5-12,16,20,25,27-28,34H,1,4,13-15,17-19H2,(H,35,40)(H,37,41)/t25-,27-,28+/m0/s1. The Morgan fingerprint density at radius 2 is 1.81 bits per heavy atom. The van der Waals surface area contributed by atoms with Gasteiger partial charge in [0.05, 0.1) is 5.69 Å². The molecule has 3 amide bonds. The molecular weight excluding hydrogens is 542 g/mol. The highest BCUT2D eigenvalue weighted by Crippen LogP contribution is 2.40. The van der Waals surface area contributed by atoms with Gasteiger partial charge in [-0.1, -0.05) is 24.3 Å². The first-order valence-electron chi connectivity index (χ1n) is 14.2. The summed E-state index contributed by atoms with van der Waals surface area (Å²) in [6, 6.07) is 16.5. The number of rotatable bonds is 12. The van der Waals surface area contributed by atoms with E-state index in [1.807, 2.05) is 6.07 Å². The van der Waals surface area contributed by atoms with Crippen LogP contribution in [0, 0.1) is 5.82 Å². The minimum absolute atomic E-state index is 0.0179. The number of hydrogen-bond acceptors (Lipinski definition) is 6. The van der Waals surface area contributed by atoms with Crippen molar-refractivity contribution >= 4 is 18.2 Å². The molecule has 1 aliphatic carbocycles. The van der Waals surface area contributed by atoms with Crippen LogP contribution in [0.3, 0.4) is 0 Å². The molecule has 2 fully saturated rings. The summed E-state index contributed by atoms with van der Waals surface area (Å²) in [7, 11) is 0. The Kier molecular flexibility index (Phi) is 9.16. The summed E-state index contributed by atoms with van der Waals surface area (Å²) < 4.78 is 28.0. The van der Waals surface area contributed by atoms with Crippen molar-refractivity contribution in [2.75, 3.05) is 19.6 Å². The lowest BCUT2D eigenvalue weighted by Gasteiger charge is -2.37. The fraction of sp³-hybridized carbons (Fsp3) is 0.387. The maximum atomic E-state index is 14.7. The average Bonchev–Trinajstić information content (AvgIpc) is 3.79. The number of nitrogens with zero attached hydrogens (tertiary/aromatic N) is 3. The SMILES string of the molecule is O=CNC1(F)CCN(C(=O)[C@H](CCCN[C@@H]2C[C@H]2c2ccc(F)cc2)NC(=O)c2ccc(-c3cccnn3)cc2)CC1. The van der Waals surface area contributed by atoms with Crippen molar-refractivity contribution < 1.29 is 23.2 Å². The maximum absolute atomic E-state index is 14.7. The number of nitrogens with one attached hydrogen (secondary N) is 3. The summed E-state index contributed by atoms with van der Waals surface area (Å²) >= 11 is 0. The molecule has 42 heavy (non-hydrogen) atoms. The lowest BCUT2D eigenvalue weighted by molar-refractivity contribution is -0.136. The van der Waals surface area contributed by atoms with Crippen LogP contribution in [0.5, 0.6) is 0 Å². The number of halogens is 2. The number of hydrogen-bond donors (Lipinski definition) is 3. The Balaban J connectivity index is 1.19. The Bertz CT molecular complexity index is 1370. The highest BCUT2D eigenvalue weighted by Gasteiger charge is 2.39. The smallest absolute Gasteiger partial charge is 0.251 e. The first kappa shape index (κ1) is 29.2. The second-order valence-corrected chi connectivity index (χ2v) is 10.9. The predicted octanol–water partition coefficient (Wildman–Crippen LogP) is 3.34. The number of alkyl halides is 1. The van der Waals surface area contributed by atoms with E-state index in [0.717, 1.165) is 17.5 Å². The van der Waals surface area contributed by atoms with Crippen molar-refractivity contribution in [1.82, 2.24) is 31.0 Å². The highest BCUT2D eigenvalue weighted by atomic mass is 19.1.